The summed E-state index contributed by atoms with van der Waals surface area (Å²) in [7, 11) is 1.61. The van der Waals surface area contributed by atoms with Crippen molar-refractivity contribution in [1.29, 1.82) is 0 Å². The summed E-state index contributed by atoms with van der Waals surface area (Å²) >= 11 is 4.98. The monoisotopic (exact) mass is 474 g/mol. The predicted molar refractivity (Wildman–Crippen MR) is 116 cm³/mol. The molecule has 0 radical (unpaired) electrons. The van der Waals surface area contributed by atoms with Gasteiger partial charge in [0.2, 0.25) is 0 Å². The highest BCUT2D eigenvalue weighted by atomic mass is 79.9. The van der Waals surface area contributed by atoms with Gasteiger partial charge in [-0.1, -0.05) is 13.8 Å². The summed E-state index contributed by atoms with van der Waals surface area (Å²) in [4.78, 5) is 28.4. The highest BCUT2D eigenvalue weighted by Gasteiger charge is 2.29. The Morgan fingerprint density at radius 2 is 2.10 bits per heavy atom. The number of aromatic carboxylic acids is 1. The number of nitrogens with zero attached hydrogens (tertiary/aromatic N) is 2. The van der Waals surface area contributed by atoms with Crippen LogP contribution in [0.3, 0.4) is 0 Å². The van der Waals surface area contributed by atoms with Gasteiger partial charge in [-0.15, -0.1) is 11.3 Å². The fourth-order valence-electron chi connectivity index (χ4n) is 3.83. The third kappa shape index (κ3) is 3.40. The van der Waals surface area contributed by atoms with Crippen molar-refractivity contribution in [2.45, 2.75) is 26.3 Å². The number of benzene rings is 1. The molecule has 0 saturated carbocycles. The maximum Gasteiger partial charge on any atom is 0.341 e. The van der Waals surface area contributed by atoms with Crippen LogP contribution >= 0.6 is 27.3 Å². The number of hydrogen-bond donors (Lipinski definition) is 1. The molecule has 1 aliphatic rings. The molecule has 150 valence electrons. The van der Waals surface area contributed by atoms with Crippen molar-refractivity contribution in [3.05, 3.63) is 55.7 Å². The third-order valence-corrected chi connectivity index (χ3v) is 6.78. The molecule has 1 aromatic carbocycles. The number of fused-ring (bicyclic) bond motifs is 3. The molecule has 0 saturated heterocycles. The lowest BCUT2D eigenvalue weighted by atomic mass is 9.86. The second-order valence-electron chi connectivity index (χ2n) is 7.34. The number of ether oxygens (including phenoxy) is 1. The van der Waals surface area contributed by atoms with Crippen LogP contribution < -0.4 is 10.2 Å². The summed E-state index contributed by atoms with van der Waals surface area (Å²) in [5.41, 5.74) is 2.89. The molecule has 6 nitrogen and oxygen atoms in total. The summed E-state index contributed by atoms with van der Waals surface area (Å²) in [5, 5.41) is 10.2. The zero-order valence-electron chi connectivity index (χ0n) is 16.1. The molecule has 8 heteroatoms. The lowest BCUT2D eigenvalue weighted by Crippen LogP contribution is -2.28. The van der Waals surface area contributed by atoms with Crippen LogP contribution in [0.25, 0.3) is 21.8 Å². The van der Waals surface area contributed by atoms with E-state index in [1.165, 1.54) is 23.6 Å². The molecule has 29 heavy (non-hydrogen) atoms. The zero-order valence-corrected chi connectivity index (χ0v) is 18.5. The Bertz CT molecular complexity index is 1180. The summed E-state index contributed by atoms with van der Waals surface area (Å²) in [6, 6.07) is 5.46. The van der Waals surface area contributed by atoms with E-state index in [9.17, 15) is 14.7 Å². The van der Waals surface area contributed by atoms with E-state index in [2.05, 4.69) is 40.8 Å². The third-order valence-electron chi connectivity index (χ3n) is 5.28. The van der Waals surface area contributed by atoms with E-state index in [0.717, 1.165) is 31.9 Å². The standard InChI is InChI=1S/C21H19BrN2O4S/c1-10(2)15-5-11-4-13(20-23-8-19(22)29-20)18(28-3)6-12(11)16-7-17(25)14(21(26)27)9-24(15)16/h4,6-10,15H,5H2,1-3H3,(H,26,27). The van der Waals surface area contributed by atoms with Crippen LogP contribution in [0.1, 0.15) is 35.8 Å². The van der Waals surface area contributed by atoms with Gasteiger partial charge in [0.15, 0.2) is 5.43 Å². The number of carboxylic acids is 1. The van der Waals surface area contributed by atoms with Crippen molar-refractivity contribution in [2.24, 2.45) is 5.92 Å². The van der Waals surface area contributed by atoms with Crippen LogP contribution in [-0.2, 0) is 6.42 Å². The van der Waals surface area contributed by atoms with Crippen molar-refractivity contribution in [1.82, 2.24) is 9.55 Å². The number of pyridine rings is 1. The van der Waals surface area contributed by atoms with Gasteiger partial charge in [0.05, 0.1) is 28.4 Å². The number of rotatable bonds is 4. The van der Waals surface area contributed by atoms with Crippen molar-refractivity contribution in [3.8, 4) is 27.6 Å². The number of carboxylic acid groups (broad SMARTS) is 1. The average Bonchev–Trinajstić information content (AvgIpc) is 3.11. The van der Waals surface area contributed by atoms with Crippen LogP contribution in [-0.4, -0.2) is 27.7 Å². The molecule has 1 unspecified atom stereocenters. The van der Waals surface area contributed by atoms with Crippen LogP contribution in [0.4, 0.5) is 0 Å². The molecule has 4 rings (SSSR count). The van der Waals surface area contributed by atoms with Gasteiger partial charge in [-0.05, 0) is 46.0 Å². The Morgan fingerprint density at radius 1 is 1.34 bits per heavy atom. The number of carbonyl (C=O) groups is 1. The van der Waals surface area contributed by atoms with E-state index >= 15 is 0 Å². The number of halogens is 1. The molecule has 0 bridgehead atoms. The van der Waals surface area contributed by atoms with Gasteiger partial charge in [0.1, 0.15) is 16.3 Å². The van der Waals surface area contributed by atoms with Crippen molar-refractivity contribution in [2.75, 3.05) is 7.11 Å². The molecule has 3 heterocycles. The minimum atomic E-state index is -1.21. The number of thiazole rings is 1. The van der Waals surface area contributed by atoms with Gasteiger partial charge in [-0.2, -0.15) is 0 Å². The molecule has 1 aliphatic heterocycles. The number of hydrogen-bond acceptors (Lipinski definition) is 5. The highest BCUT2D eigenvalue weighted by Crippen LogP contribution is 2.44. The van der Waals surface area contributed by atoms with E-state index in [1.807, 2.05) is 10.6 Å². The summed E-state index contributed by atoms with van der Waals surface area (Å²) in [6.45, 7) is 4.20. The second kappa shape index (κ2) is 7.42. The maximum absolute atomic E-state index is 12.4. The average molecular weight is 475 g/mol. The van der Waals surface area contributed by atoms with E-state index in [-0.39, 0.29) is 17.5 Å². The van der Waals surface area contributed by atoms with E-state index < -0.39 is 11.4 Å². The fraction of sp³-hybridized carbons (Fsp3) is 0.286. The van der Waals surface area contributed by atoms with Gasteiger partial charge in [-0.3, -0.25) is 4.79 Å². The minimum absolute atomic E-state index is 0.0421. The van der Waals surface area contributed by atoms with Gasteiger partial charge in [-0.25, -0.2) is 9.78 Å². The molecular formula is C21H19BrN2O4S. The smallest absolute Gasteiger partial charge is 0.341 e. The van der Waals surface area contributed by atoms with Crippen molar-refractivity contribution in [3.63, 3.8) is 0 Å². The largest absolute Gasteiger partial charge is 0.496 e. The van der Waals surface area contributed by atoms with Crippen LogP contribution in [0.2, 0.25) is 0 Å². The van der Waals surface area contributed by atoms with Gasteiger partial charge < -0.3 is 14.4 Å². The summed E-state index contributed by atoms with van der Waals surface area (Å²) < 4.78 is 8.49. The fourth-order valence-corrected chi connectivity index (χ4v) is 5.06. The lowest BCUT2D eigenvalue weighted by Gasteiger charge is -2.33. The highest BCUT2D eigenvalue weighted by molar-refractivity contribution is 9.11. The molecule has 1 N–H and O–H groups in total. The Balaban J connectivity index is 1.98. The maximum atomic E-state index is 12.4. The Kier molecular flexibility index (Phi) is 5.08. The number of methoxy groups -OCH3 is 1. The molecule has 3 aromatic rings. The molecule has 0 amide bonds. The predicted octanol–water partition coefficient (Wildman–Crippen LogP) is 4.86. The minimum Gasteiger partial charge on any atom is -0.496 e. The van der Waals surface area contributed by atoms with Crippen molar-refractivity contribution >= 4 is 33.2 Å². The lowest BCUT2D eigenvalue weighted by molar-refractivity contribution is 0.0694. The molecule has 0 aliphatic carbocycles. The quantitative estimate of drug-likeness (QED) is 0.583. The zero-order chi connectivity index (χ0) is 20.9. The van der Waals surface area contributed by atoms with Crippen LogP contribution in [0.5, 0.6) is 5.75 Å². The SMILES string of the molecule is COc1cc2c(cc1-c1ncc(Br)s1)CC(C(C)C)n1cc(C(=O)O)c(=O)cc1-2. The van der Waals surface area contributed by atoms with Crippen LogP contribution in [0, 0.1) is 5.92 Å². The first kappa shape index (κ1) is 19.8. The van der Waals surface area contributed by atoms with Crippen molar-refractivity contribution < 1.29 is 14.6 Å². The molecule has 2 aromatic heterocycles. The Hall–Kier alpha value is -2.45. The first-order valence-electron chi connectivity index (χ1n) is 9.12. The Morgan fingerprint density at radius 3 is 2.69 bits per heavy atom. The topological polar surface area (TPSA) is 81.4 Å². The first-order chi connectivity index (χ1) is 13.8. The molecule has 0 spiro atoms. The normalized spacial score (nSPS) is 15.1. The van der Waals surface area contributed by atoms with Crippen LogP contribution in [0.15, 0.2) is 39.2 Å². The van der Waals surface area contributed by atoms with E-state index in [0.29, 0.717) is 11.4 Å². The second-order valence-corrected chi connectivity index (χ2v) is 9.75. The molecular weight excluding hydrogens is 456 g/mol. The summed E-state index contributed by atoms with van der Waals surface area (Å²) in [5.74, 6) is -0.290. The van der Waals surface area contributed by atoms with E-state index in [4.69, 9.17) is 4.74 Å². The number of aromatic nitrogens is 2. The first-order valence-corrected chi connectivity index (χ1v) is 10.7. The molecule has 1 atom stereocenters. The van der Waals surface area contributed by atoms with Gasteiger partial charge >= 0.3 is 5.97 Å². The summed E-state index contributed by atoms with van der Waals surface area (Å²) in [6.07, 6.45) is 3.97. The Labute approximate surface area is 179 Å². The van der Waals surface area contributed by atoms with E-state index in [1.54, 1.807) is 13.3 Å². The van der Waals surface area contributed by atoms with Gasteiger partial charge in [0, 0.05) is 23.9 Å². The van der Waals surface area contributed by atoms with Gasteiger partial charge in [0.25, 0.3) is 0 Å². The molecule has 0 fully saturated rings.